The minimum Gasteiger partial charge on any atom is -0.504 e. The molecule has 2 heterocycles. The van der Waals surface area contributed by atoms with Crippen LogP contribution in [0.3, 0.4) is 0 Å². The second-order valence-electron chi connectivity index (χ2n) is 4.52. The van der Waals surface area contributed by atoms with Crippen molar-refractivity contribution in [1.82, 2.24) is 0 Å². The zero-order valence-corrected chi connectivity index (χ0v) is 13.1. The normalized spacial score (nSPS) is 10.5. The van der Waals surface area contributed by atoms with E-state index in [9.17, 15) is 5.11 Å². The van der Waals surface area contributed by atoms with Crippen molar-refractivity contribution in [2.24, 2.45) is 0 Å². The van der Waals surface area contributed by atoms with Crippen LogP contribution in [0, 0.1) is 0 Å². The van der Waals surface area contributed by atoms with Gasteiger partial charge in [0.2, 0.25) is 0 Å². The molecule has 21 heavy (non-hydrogen) atoms. The molecular weight excluding hydrogens is 302 g/mol. The summed E-state index contributed by atoms with van der Waals surface area (Å²) in [5, 5.41) is 17.3. The molecule has 108 valence electrons. The Labute approximate surface area is 131 Å². The molecule has 3 rings (SSSR count). The number of phenolic OH excluding ortho intramolecular Hbond substituents is 1. The monoisotopic (exact) mass is 317 g/mol. The Balaban J connectivity index is 1.66. The number of ether oxygens (including phenoxy) is 1. The van der Waals surface area contributed by atoms with E-state index in [1.54, 1.807) is 41.9 Å². The molecule has 0 aliphatic rings. The van der Waals surface area contributed by atoms with Gasteiger partial charge < -0.3 is 15.2 Å². The number of hydrogen-bond donors (Lipinski definition) is 2. The van der Waals surface area contributed by atoms with Gasteiger partial charge in [-0.1, -0.05) is 6.07 Å². The van der Waals surface area contributed by atoms with Crippen molar-refractivity contribution in [3.63, 3.8) is 0 Å². The van der Waals surface area contributed by atoms with Crippen LogP contribution in [-0.2, 0) is 6.54 Å². The lowest BCUT2D eigenvalue weighted by Gasteiger charge is -2.08. The van der Waals surface area contributed by atoms with Gasteiger partial charge in [-0.15, -0.1) is 22.7 Å². The summed E-state index contributed by atoms with van der Waals surface area (Å²) in [6.45, 7) is 0.738. The Hall–Kier alpha value is -1.98. The molecule has 0 fully saturated rings. The predicted octanol–water partition coefficient (Wildman–Crippen LogP) is 4.80. The lowest BCUT2D eigenvalue weighted by molar-refractivity contribution is 0.373. The number of hydrogen-bond acceptors (Lipinski definition) is 5. The smallest absolute Gasteiger partial charge is 0.160 e. The highest BCUT2D eigenvalue weighted by atomic mass is 32.1. The number of methoxy groups -OCH3 is 1. The number of aromatic hydroxyl groups is 1. The Bertz CT molecular complexity index is 720. The van der Waals surface area contributed by atoms with Crippen molar-refractivity contribution in [3.05, 3.63) is 52.0 Å². The van der Waals surface area contributed by atoms with Crippen molar-refractivity contribution < 1.29 is 9.84 Å². The van der Waals surface area contributed by atoms with Gasteiger partial charge in [0.15, 0.2) is 11.5 Å². The minimum atomic E-state index is 0.146. The van der Waals surface area contributed by atoms with Crippen LogP contribution < -0.4 is 10.1 Å². The average molecular weight is 317 g/mol. The van der Waals surface area contributed by atoms with Gasteiger partial charge in [-0.05, 0) is 35.0 Å². The first kappa shape index (κ1) is 14.0. The molecule has 0 aliphatic heterocycles. The Morgan fingerprint density at radius 1 is 1.19 bits per heavy atom. The molecular formula is C16H15NO2S2. The van der Waals surface area contributed by atoms with Gasteiger partial charge in [-0.3, -0.25) is 0 Å². The zero-order valence-electron chi connectivity index (χ0n) is 11.5. The van der Waals surface area contributed by atoms with Crippen LogP contribution >= 0.6 is 22.7 Å². The molecule has 5 heteroatoms. The van der Waals surface area contributed by atoms with E-state index in [1.165, 1.54) is 15.3 Å². The van der Waals surface area contributed by atoms with Crippen LogP contribution in [0.15, 0.2) is 47.2 Å². The lowest BCUT2D eigenvalue weighted by atomic mass is 10.2. The number of thiophene rings is 2. The molecule has 1 aromatic carbocycles. The molecule has 0 amide bonds. The van der Waals surface area contributed by atoms with Crippen LogP contribution in [0.1, 0.15) is 4.88 Å². The minimum absolute atomic E-state index is 0.146. The van der Waals surface area contributed by atoms with Gasteiger partial charge in [-0.2, -0.15) is 0 Å². The summed E-state index contributed by atoms with van der Waals surface area (Å²) in [4.78, 5) is 2.55. The lowest BCUT2D eigenvalue weighted by Crippen LogP contribution is -1.97. The third-order valence-electron chi connectivity index (χ3n) is 3.11. The number of nitrogens with one attached hydrogen (secondary N) is 1. The highest BCUT2D eigenvalue weighted by Gasteiger charge is 2.05. The molecule has 0 bridgehead atoms. The predicted molar refractivity (Wildman–Crippen MR) is 89.6 cm³/mol. The van der Waals surface area contributed by atoms with Crippen molar-refractivity contribution in [2.75, 3.05) is 12.4 Å². The maximum atomic E-state index is 9.76. The molecule has 2 N–H and O–H groups in total. The maximum absolute atomic E-state index is 9.76. The van der Waals surface area contributed by atoms with Crippen molar-refractivity contribution in [3.8, 4) is 21.9 Å². The quantitative estimate of drug-likeness (QED) is 0.710. The molecule has 0 radical (unpaired) electrons. The van der Waals surface area contributed by atoms with E-state index in [4.69, 9.17) is 4.74 Å². The van der Waals surface area contributed by atoms with Crippen molar-refractivity contribution >= 4 is 28.4 Å². The highest BCUT2D eigenvalue weighted by molar-refractivity contribution is 7.14. The highest BCUT2D eigenvalue weighted by Crippen LogP contribution is 2.31. The van der Waals surface area contributed by atoms with Gasteiger partial charge >= 0.3 is 0 Å². The molecule has 0 unspecified atom stereocenters. The summed E-state index contributed by atoms with van der Waals surface area (Å²) in [7, 11) is 1.54. The van der Waals surface area contributed by atoms with Crippen molar-refractivity contribution in [1.29, 1.82) is 0 Å². The summed E-state index contributed by atoms with van der Waals surface area (Å²) in [5.74, 6) is 0.629. The van der Waals surface area contributed by atoms with E-state index in [2.05, 4.69) is 34.3 Å². The first-order valence-corrected chi connectivity index (χ1v) is 8.24. The fourth-order valence-electron chi connectivity index (χ4n) is 2.03. The van der Waals surface area contributed by atoms with Gasteiger partial charge in [0, 0.05) is 33.6 Å². The third-order valence-corrected chi connectivity index (χ3v) is 4.96. The van der Waals surface area contributed by atoms with Crippen LogP contribution in [0.4, 0.5) is 5.69 Å². The molecule has 0 atom stereocenters. The van der Waals surface area contributed by atoms with Gasteiger partial charge in [0.1, 0.15) is 0 Å². The summed E-state index contributed by atoms with van der Waals surface area (Å²) in [5.41, 5.74) is 2.14. The molecule has 3 nitrogen and oxygen atoms in total. The van der Waals surface area contributed by atoms with E-state index in [0.29, 0.717) is 5.75 Å². The fraction of sp³-hybridized carbons (Fsp3) is 0.125. The molecule has 0 aliphatic carbocycles. The molecule has 0 saturated heterocycles. The van der Waals surface area contributed by atoms with E-state index >= 15 is 0 Å². The topological polar surface area (TPSA) is 41.5 Å². The molecule has 2 aromatic heterocycles. The molecule has 0 spiro atoms. The first-order chi connectivity index (χ1) is 10.3. The summed E-state index contributed by atoms with van der Waals surface area (Å²) >= 11 is 3.49. The van der Waals surface area contributed by atoms with E-state index in [-0.39, 0.29) is 5.75 Å². The SMILES string of the molecule is COc1ccc(NCc2cc(-c3cccs3)cs2)cc1O. The number of anilines is 1. The van der Waals surface area contributed by atoms with Crippen LogP contribution in [0.5, 0.6) is 11.5 Å². The third kappa shape index (κ3) is 3.20. The maximum Gasteiger partial charge on any atom is 0.160 e. The van der Waals surface area contributed by atoms with Gasteiger partial charge in [-0.25, -0.2) is 0 Å². The molecule has 0 saturated carbocycles. The van der Waals surface area contributed by atoms with E-state index < -0.39 is 0 Å². The van der Waals surface area contributed by atoms with Crippen molar-refractivity contribution in [2.45, 2.75) is 6.54 Å². The second-order valence-corrected chi connectivity index (χ2v) is 6.46. The summed E-state index contributed by atoms with van der Waals surface area (Å²) < 4.78 is 5.03. The van der Waals surface area contributed by atoms with E-state index in [1.807, 2.05) is 6.07 Å². The van der Waals surface area contributed by atoms with Crippen LogP contribution in [0.25, 0.3) is 10.4 Å². The average Bonchev–Trinajstić information content (AvgIpc) is 3.16. The number of benzene rings is 1. The Morgan fingerprint density at radius 2 is 2.10 bits per heavy atom. The fourth-order valence-corrected chi connectivity index (χ4v) is 3.65. The van der Waals surface area contributed by atoms with Crippen LogP contribution in [0.2, 0.25) is 0 Å². The molecule has 3 aromatic rings. The number of phenols is 1. The van der Waals surface area contributed by atoms with Gasteiger partial charge in [0.05, 0.1) is 7.11 Å². The van der Waals surface area contributed by atoms with Crippen LogP contribution in [-0.4, -0.2) is 12.2 Å². The van der Waals surface area contributed by atoms with Gasteiger partial charge in [0.25, 0.3) is 0 Å². The first-order valence-electron chi connectivity index (χ1n) is 6.48. The second kappa shape index (κ2) is 6.20. The van der Waals surface area contributed by atoms with E-state index in [0.717, 1.165) is 12.2 Å². The zero-order chi connectivity index (χ0) is 14.7. The Kier molecular flexibility index (Phi) is 4.13. The summed E-state index contributed by atoms with van der Waals surface area (Å²) in [6, 6.07) is 11.7. The number of rotatable bonds is 5. The largest absolute Gasteiger partial charge is 0.504 e. The summed E-state index contributed by atoms with van der Waals surface area (Å²) in [6.07, 6.45) is 0. The Morgan fingerprint density at radius 3 is 2.81 bits per heavy atom. The standard InChI is InChI=1S/C16H15NO2S2/c1-19-15-5-4-12(8-14(15)18)17-9-13-7-11(10-21-13)16-3-2-6-20-16/h2-8,10,17-18H,9H2,1H3.